The molecule has 212 valence electrons. The van der Waals surface area contributed by atoms with Crippen molar-refractivity contribution in [1.82, 2.24) is 10.2 Å². The average molecular weight is 570 g/mol. The molecule has 0 unspecified atom stereocenters. The van der Waals surface area contributed by atoms with E-state index in [2.05, 4.69) is 5.32 Å². The number of anilines is 1. The van der Waals surface area contributed by atoms with Gasteiger partial charge in [0.25, 0.3) is 0 Å². The second-order valence-corrected chi connectivity index (χ2v) is 12.0. The molecule has 40 heavy (non-hydrogen) atoms. The summed E-state index contributed by atoms with van der Waals surface area (Å²) in [6, 6.07) is 18.9. The van der Waals surface area contributed by atoms with E-state index in [1.165, 1.54) is 41.3 Å². The molecule has 7 nitrogen and oxygen atoms in total. The molecule has 4 rings (SSSR count). The molecule has 0 spiro atoms. The maximum absolute atomic E-state index is 14.8. The third-order valence-corrected chi connectivity index (χ3v) is 8.19. The van der Waals surface area contributed by atoms with E-state index in [9.17, 15) is 26.8 Å². The summed E-state index contributed by atoms with van der Waals surface area (Å²) >= 11 is 0. The molecular formula is C30H33F2N3O4S. The lowest BCUT2D eigenvalue weighted by molar-refractivity contribution is -0.140. The lowest BCUT2D eigenvalue weighted by Crippen LogP contribution is -2.54. The molecule has 3 aromatic carbocycles. The van der Waals surface area contributed by atoms with E-state index >= 15 is 0 Å². The van der Waals surface area contributed by atoms with Crippen LogP contribution in [0.5, 0.6) is 0 Å². The number of halogens is 2. The molecule has 0 bridgehead atoms. The Kier molecular flexibility index (Phi) is 9.52. The largest absolute Gasteiger partial charge is 0.352 e. The summed E-state index contributed by atoms with van der Waals surface area (Å²) in [5, 5.41) is 3.05. The van der Waals surface area contributed by atoms with Crippen molar-refractivity contribution in [3.63, 3.8) is 0 Å². The molecule has 1 aliphatic carbocycles. The first kappa shape index (κ1) is 29.2. The second kappa shape index (κ2) is 13.0. The van der Waals surface area contributed by atoms with Gasteiger partial charge in [-0.15, -0.1) is 0 Å². The highest BCUT2D eigenvalue weighted by atomic mass is 32.2. The maximum atomic E-state index is 14.8. The molecule has 0 aliphatic heterocycles. The van der Waals surface area contributed by atoms with Crippen molar-refractivity contribution < 1.29 is 26.8 Å². The number of rotatable bonds is 11. The van der Waals surface area contributed by atoms with Crippen LogP contribution < -0.4 is 9.62 Å². The SMILES string of the molecule is CS(=O)(=O)N(CC(=O)N(Cc1ccccc1F)[C@@H](Cc1ccccc1)C(=O)NC1CCCC1)c1cccc(F)c1. The predicted molar refractivity (Wildman–Crippen MR) is 150 cm³/mol. The van der Waals surface area contributed by atoms with Gasteiger partial charge in [0.2, 0.25) is 21.8 Å². The molecule has 1 N–H and O–H groups in total. The summed E-state index contributed by atoms with van der Waals surface area (Å²) in [5.41, 5.74) is 0.932. The Morgan fingerprint density at radius 3 is 2.27 bits per heavy atom. The van der Waals surface area contributed by atoms with Crippen LogP contribution in [-0.4, -0.2) is 50.0 Å². The van der Waals surface area contributed by atoms with Crippen LogP contribution in [0.1, 0.15) is 36.8 Å². The van der Waals surface area contributed by atoms with Crippen molar-refractivity contribution in [1.29, 1.82) is 0 Å². The molecule has 0 saturated heterocycles. The van der Waals surface area contributed by atoms with E-state index < -0.39 is 46.1 Å². The summed E-state index contributed by atoms with van der Waals surface area (Å²) in [5.74, 6) is -2.34. The number of nitrogens with zero attached hydrogens (tertiary/aromatic N) is 2. The van der Waals surface area contributed by atoms with Gasteiger partial charge in [0.15, 0.2) is 0 Å². The Balaban J connectivity index is 1.73. The highest BCUT2D eigenvalue weighted by Crippen LogP contribution is 2.23. The molecule has 10 heteroatoms. The lowest BCUT2D eigenvalue weighted by atomic mass is 10.0. The van der Waals surface area contributed by atoms with E-state index in [1.807, 2.05) is 30.3 Å². The average Bonchev–Trinajstić information content (AvgIpc) is 3.43. The first-order valence-electron chi connectivity index (χ1n) is 13.2. The fourth-order valence-corrected chi connectivity index (χ4v) is 5.82. The number of hydrogen-bond donors (Lipinski definition) is 1. The van der Waals surface area contributed by atoms with Crippen molar-refractivity contribution in [3.05, 3.63) is 102 Å². The van der Waals surface area contributed by atoms with E-state index in [4.69, 9.17) is 0 Å². The van der Waals surface area contributed by atoms with Crippen LogP contribution >= 0.6 is 0 Å². The lowest BCUT2D eigenvalue weighted by Gasteiger charge is -2.34. The molecule has 1 atom stereocenters. The van der Waals surface area contributed by atoms with E-state index in [0.29, 0.717) is 0 Å². The number of nitrogens with one attached hydrogen (secondary N) is 1. The highest BCUT2D eigenvalue weighted by Gasteiger charge is 2.34. The summed E-state index contributed by atoms with van der Waals surface area (Å²) in [7, 11) is -4.02. The van der Waals surface area contributed by atoms with Crippen LogP contribution in [0.3, 0.4) is 0 Å². The second-order valence-electron chi connectivity index (χ2n) is 10.1. The molecule has 3 aromatic rings. The standard InChI is InChI=1S/C30H33F2N3O4S/c1-40(38,39)35(26-16-9-13-24(31)19-26)21-29(36)34(20-23-12-5-8-17-27(23)32)28(18-22-10-3-2-4-11-22)30(37)33-25-14-6-7-15-25/h2-5,8-13,16-17,19,25,28H,6-7,14-15,18,20-21H2,1H3,(H,33,37)/t28-/m0/s1. The molecule has 1 saturated carbocycles. The van der Waals surface area contributed by atoms with Crippen molar-refractivity contribution in [2.45, 2.75) is 50.7 Å². The third kappa shape index (κ3) is 7.65. The molecule has 0 aromatic heterocycles. The first-order chi connectivity index (χ1) is 19.1. The van der Waals surface area contributed by atoms with Crippen LogP contribution in [-0.2, 0) is 32.6 Å². The van der Waals surface area contributed by atoms with Crippen molar-refractivity contribution >= 4 is 27.5 Å². The monoisotopic (exact) mass is 569 g/mol. The Labute approximate surface area is 233 Å². The number of sulfonamides is 1. The van der Waals surface area contributed by atoms with Gasteiger partial charge in [-0.3, -0.25) is 13.9 Å². The minimum Gasteiger partial charge on any atom is -0.352 e. The van der Waals surface area contributed by atoms with Crippen LogP contribution in [0, 0.1) is 11.6 Å². The maximum Gasteiger partial charge on any atom is 0.244 e. The molecular weight excluding hydrogens is 536 g/mol. The van der Waals surface area contributed by atoms with Crippen LogP contribution in [0.4, 0.5) is 14.5 Å². The fourth-order valence-electron chi connectivity index (χ4n) is 4.98. The number of amides is 2. The van der Waals surface area contributed by atoms with Crippen molar-refractivity contribution in [2.75, 3.05) is 17.1 Å². The minimum absolute atomic E-state index is 0.0308. The molecule has 1 aliphatic rings. The highest BCUT2D eigenvalue weighted by molar-refractivity contribution is 7.92. The van der Waals surface area contributed by atoms with Crippen LogP contribution in [0.25, 0.3) is 0 Å². The van der Waals surface area contributed by atoms with Crippen molar-refractivity contribution in [2.24, 2.45) is 0 Å². The van der Waals surface area contributed by atoms with Gasteiger partial charge in [-0.05, 0) is 42.7 Å². The van der Waals surface area contributed by atoms with Gasteiger partial charge in [0, 0.05) is 24.6 Å². The van der Waals surface area contributed by atoms with Gasteiger partial charge >= 0.3 is 0 Å². The zero-order valence-electron chi connectivity index (χ0n) is 22.3. The topological polar surface area (TPSA) is 86.8 Å². The normalized spacial score (nSPS) is 14.5. The molecule has 0 radical (unpaired) electrons. The molecule has 0 heterocycles. The van der Waals surface area contributed by atoms with Gasteiger partial charge in [-0.25, -0.2) is 17.2 Å². The Hall–Kier alpha value is -3.79. The number of hydrogen-bond acceptors (Lipinski definition) is 4. The number of carbonyl (C=O) groups excluding carboxylic acids is 2. The summed E-state index contributed by atoms with van der Waals surface area (Å²) in [6.07, 6.45) is 4.68. The van der Waals surface area contributed by atoms with Crippen LogP contribution in [0.15, 0.2) is 78.9 Å². The van der Waals surface area contributed by atoms with E-state index in [1.54, 1.807) is 6.07 Å². The number of carbonyl (C=O) groups is 2. The minimum atomic E-state index is -4.02. The molecule has 2 amide bonds. The zero-order valence-corrected chi connectivity index (χ0v) is 23.1. The Morgan fingerprint density at radius 2 is 1.62 bits per heavy atom. The predicted octanol–water partition coefficient (Wildman–Crippen LogP) is 4.43. The van der Waals surface area contributed by atoms with E-state index in [0.717, 1.165) is 47.9 Å². The number of benzene rings is 3. The Morgan fingerprint density at radius 1 is 0.950 bits per heavy atom. The van der Waals surface area contributed by atoms with Crippen molar-refractivity contribution in [3.8, 4) is 0 Å². The first-order valence-corrected chi connectivity index (χ1v) is 15.1. The van der Waals surface area contributed by atoms with Gasteiger partial charge in [-0.1, -0.05) is 67.4 Å². The van der Waals surface area contributed by atoms with Gasteiger partial charge < -0.3 is 10.2 Å². The van der Waals surface area contributed by atoms with Gasteiger partial charge in [0.1, 0.15) is 24.2 Å². The van der Waals surface area contributed by atoms with Crippen LogP contribution in [0.2, 0.25) is 0 Å². The summed E-state index contributed by atoms with van der Waals surface area (Å²) in [6.45, 7) is -0.958. The van der Waals surface area contributed by atoms with E-state index in [-0.39, 0.29) is 30.3 Å². The molecule has 1 fully saturated rings. The third-order valence-electron chi connectivity index (χ3n) is 7.05. The Bertz CT molecular complexity index is 1430. The quantitative estimate of drug-likeness (QED) is 0.370. The summed E-state index contributed by atoms with van der Waals surface area (Å²) < 4.78 is 55.1. The van der Waals surface area contributed by atoms with Gasteiger partial charge in [0.05, 0.1) is 11.9 Å². The smallest absolute Gasteiger partial charge is 0.244 e. The van der Waals surface area contributed by atoms with Gasteiger partial charge in [-0.2, -0.15) is 0 Å². The fraction of sp³-hybridized carbons (Fsp3) is 0.333. The zero-order chi connectivity index (χ0) is 28.7. The summed E-state index contributed by atoms with van der Waals surface area (Å²) in [4.78, 5) is 28.9.